The summed E-state index contributed by atoms with van der Waals surface area (Å²) in [5.74, 6) is 1.38. The standard InChI is InChI=1S/C15H19N5S/c1-10(2)13-7-15(20-14(19-13)4-5-17-20)18-11(3)6-12-8-16-9-21-12/h4-5,7-11,18H,6H2,1-3H3. The zero-order valence-corrected chi connectivity index (χ0v) is 13.3. The fraction of sp³-hybridized carbons (Fsp3) is 0.400. The van der Waals surface area contributed by atoms with Crippen molar-refractivity contribution in [3.05, 3.63) is 40.6 Å². The normalized spacial score (nSPS) is 13.0. The van der Waals surface area contributed by atoms with Gasteiger partial charge < -0.3 is 5.32 Å². The van der Waals surface area contributed by atoms with Crippen LogP contribution in [0.25, 0.3) is 5.65 Å². The Balaban J connectivity index is 1.86. The second kappa shape index (κ2) is 5.81. The number of anilines is 1. The summed E-state index contributed by atoms with van der Waals surface area (Å²) >= 11 is 1.69. The predicted molar refractivity (Wildman–Crippen MR) is 86.0 cm³/mol. The summed E-state index contributed by atoms with van der Waals surface area (Å²) in [7, 11) is 0. The largest absolute Gasteiger partial charge is 0.367 e. The molecule has 0 bridgehead atoms. The first-order valence-corrected chi connectivity index (χ1v) is 8.00. The third kappa shape index (κ3) is 3.05. The summed E-state index contributed by atoms with van der Waals surface area (Å²) in [5.41, 5.74) is 3.83. The topological polar surface area (TPSA) is 55.1 Å². The highest BCUT2D eigenvalue weighted by Crippen LogP contribution is 2.20. The molecule has 0 aliphatic carbocycles. The maximum Gasteiger partial charge on any atom is 0.157 e. The molecule has 0 radical (unpaired) electrons. The Hall–Kier alpha value is -1.95. The molecule has 0 amide bonds. The Bertz CT molecular complexity index is 717. The SMILES string of the molecule is CC(Cc1cncs1)Nc1cc(C(C)C)nc2ccnn12. The first kappa shape index (κ1) is 14.0. The molecule has 3 heterocycles. The quantitative estimate of drug-likeness (QED) is 0.785. The maximum absolute atomic E-state index is 4.63. The van der Waals surface area contributed by atoms with E-state index in [1.54, 1.807) is 17.5 Å². The molecule has 0 saturated carbocycles. The molecule has 1 N–H and O–H groups in total. The van der Waals surface area contributed by atoms with E-state index in [0.29, 0.717) is 12.0 Å². The molecule has 3 rings (SSSR count). The van der Waals surface area contributed by atoms with Gasteiger partial charge in [-0.3, -0.25) is 4.98 Å². The van der Waals surface area contributed by atoms with Gasteiger partial charge in [-0.05, 0) is 12.8 Å². The summed E-state index contributed by atoms with van der Waals surface area (Å²) in [6.45, 7) is 6.48. The van der Waals surface area contributed by atoms with Crippen molar-refractivity contribution >= 4 is 22.8 Å². The highest BCUT2D eigenvalue weighted by molar-refractivity contribution is 7.09. The van der Waals surface area contributed by atoms with Crippen molar-refractivity contribution in [2.75, 3.05) is 5.32 Å². The molecule has 3 aromatic heterocycles. The third-order valence-electron chi connectivity index (χ3n) is 3.36. The average molecular weight is 301 g/mol. The van der Waals surface area contributed by atoms with Crippen LogP contribution in [-0.2, 0) is 6.42 Å². The lowest BCUT2D eigenvalue weighted by atomic mass is 10.1. The van der Waals surface area contributed by atoms with Gasteiger partial charge in [0.05, 0.1) is 11.7 Å². The van der Waals surface area contributed by atoms with E-state index in [1.807, 2.05) is 22.3 Å². The minimum Gasteiger partial charge on any atom is -0.367 e. The van der Waals surface area contributed by atoms with Gasteiger partial charge in [-0.25, -0.2) is 4.98 Å². The molecule has 3 aromatic rings. The first-order chi connectivity index (χ1) is 10.1. The summed E-state index contributed by atoms with van der Waals surface area (Å²) in [5, 5.41) is 7.90. The van der Waals surface area contributed by atoms with Crippen LogP contribution in [-0.4, -0.2) is 25.6 Å². The lowest BCUT2D eigenvalue weighted by Gasteiger charge is -2.17. The van der Waals surface area contributed by atoms with Gasteiger partial charge in [0.15, 0.2) is 5.65 Å². The summed E-state index contributed by atoms with van der Waals surface area (Å²) < 4.78 is 1.86. The fourth-order valence-corrected chi connectivity index (χ4v) is 3.00. The summed E-state index contributed by atoms with van der Waals surface area (Å²) in [4.78, 5) is 10.0. The second-order valence-electron chi connectivity index (χ2n) is 5.54. The predicted octanol–water partition coefficient (Wildman–Crippen LogP) is 3.35. The van der Waals surface area contributed by atoms with Crippen LogP contribution in [0, 0.1) is 0 Å². The molecule has 0 fully saturated rings. The van der Waals surface area contributed by atoms with E-state index in [2.05, 4.69) is 47.2 Å². The lowest BCUT2D eigenvalue weighted by Crippen LogP contribution is -2.20. The number of fused-ring (bicyclic) bond motifs is 1. The molecule has 0 aromatic carbocycles. The molecule has 0 aliphatic rings. The molecule has 110 valence electrons. The number of aromatic nitrogens is 4. The van der Waals surface area contributed by atoms with E-state index in [4.69, 9.17) is 0 Å². The highest BCUT2D eigenvalue weighted by atomic mass is 32.1. The van der Waals surface area contributed by atoms with Crippen molar-refractivity contribution in [3.63, 3.8) is 0 Å². The summed E-state index contributed by atoms with van der Waals surface area (Å²) in [6, 6.07) is 4.33. The minimum atomic E-state index is 0.306. The van der Waals surface area contributed by atoms with Gasteiger partial charge in [0, 0.05) is 41.4 Å². The smallest absolute Gasteiger partial charge is 0.157 e. The Morgan fingerprint density at radius 1 is 1.33 bits per heavy atom. The van der Waals surface area contributed by atoms with Gasteiger partial charge in [-0.1, -0.05) is 13.8 Å². The van der Waals surface area contributed by atoms with E-state index in [9.17, 15) is 0 Å². The molecular weight excluding hydrogens is 282 g/mol. The monoisotopic (exact) mass is 301 g/mol. The fourth-order valence-electron chi connectivity index (χ4n) is 2.28. The van der Waals surface area contributed by atoms with Crippen LogP contribution in [0.5, 0.6) is 0 Å². The summed E-state index contributed by atoms with van der Waals surface area (Å²) in [6.07, 6.45) is 4.66. The van der Waals surface area contributed by atoms with Crippen LogP contribution < -0.4 is 5.32 Å². The van der Waals surface area contributed by atoms with Crippen LogP contribution in [0.2, 0.25) is 0 Å². The number of nitrogens with one attached hydrogen (secondary N) is 1. The van der Waals surface area contributed by atoms with Crippen molar-refractivity contribution < 1.29 is 0 Å². The van der Waals surface area contributed by atoms with Crippen molar-refractivity contribution in [1.29, 1.82) is 0 Å². The number of rotatable bonds is 5. The Morgan fingerprint density at radius 3 is 2.90 bits per heavy atom. The van der Waals surface area contributed by atoms with Crippen LogP contribution in [0.1, 0.15) is 37.3 Å². The van der Waals surface area contributed by atoms with Gasteiger partial charge in [0.25, 0.3) is 0 Å². The van der Waals surface area contributed by atoms with Crippen LogP contribution >= 0.6 is 11.3 Å². The Labute approximate surface area is 128 Å². The molecular formula is C15H19N5S. The van der Waals surface area contributed by atoms with E-state index < -0.39 is 0 Å². The van der Waals surface area contributed by atoms with Crippen LogP contribution in [0.3, 0.4) is 0 Å². The third-order valence-corrected chi connectivity index (χ3v) is 4.16. The van der Waals surface area contributed by atoms with Crippen molar-refractivity contribution in [3.8, 4) is 0 Å². The van der Waals surface area contributed by atoms with E-state index >= 15 is 0 Å². The van der Waals surface area contributed by atoms with E-state index in [0.717, 1.165) is 23.6 Å². The van der Waals surface area contributed by atoms with Gasteiger partial charge in [-0.2, -0.15) is 9.61 Å². The van der Waals surface area contributed by atoms with Gasteiger partial charge in [0.1, 0.15) is 5.82 Å². The Kier molecular flexibility index (Phi) is 3.88. The van der Waals surface area contributed by atoms with Crippen LogP contribution in [0.4, 0.5) is 5.82 Å². The molecule has 0 saturated heterocycles. The van der Waals surface area contributed by atoms with E-state index in [1.165, 1.54) is 4.88 Å². The first-order valence-electron chi connectivity index (χ1n) is 7.12. The second-order valence-corrected chi connectivity index (χ2v) is 6.51. The van der Waals surface area contributed by atoms with Gasteiger partial charge >= 0.3 is 0 Å². The minimum absolute atomic E-state index is 0.306. The lowest BCUT2D eigenvalue weighted by molar-refractivity contribution is 0.766. The number of thiazole rings is 1. The molecule has 1 atom stereocenters. The molecule has 5 nitrogen and oxygen atoms in total. The van der Waals surface area contributed by atoms with Gasteiger partial charge in [-0.15, -0.1) is 11.3 Å². The molecule has 1 unspecified atom stereocenters. The number of nitrogens with zero attached hydrogens (tertiary/aromatic N) is 4. The average Bonchev–Trinajstić information content (AvgIpc) is 3.08. The van der Waals surface area contributed by atoms with Crippen molar-refractivity contribution in [1.82, 2.24) is 19.6 Å². The zero-order valence-electron chi connectivity index (χ0n) is 12.4. The van der Waals surface area contributed by atoms with Crippen molar-refractivity contribution in [2.24, 2.45) is 0 Å². The maximum atomic E-state index is 4.63. The Morgan fingerprint density at radius 2 is 2.19 bits per heavy atom. The van der Waals surface area contributed by atoms with Crippen molar-refractivity contribution in [2.45, 2.75) is 39.2 Å². The molecule has 0 aliphatic heterocycles. The zero-order chi connectivity index (χ0) is 14.8. The number of hydrogen-bond donors (Lipinski definition) is 1. The van der Waals surface area contributed by atoms with E-state index in [-0.39, 0.29) is 0 Å². The van der Waals surface area contributed by atoms with Crippen LogP contribution in [0.15, 0.2) is 30.0 Å². The van der Waals surface area contributed by atoms with Gasteiger partial charge in [0.2, 0.25) is 0 Å². The molecule has 6 heteroatoms. The molecule has 0 spiro atoms. The highest BCUT2D eigenvalue weighted by Gasteiger charge is 2.12. The number of hydrogen-bond acceptors (Lipinski definition) is 5. The molecule has 21 heavy (non-hydrogen) atoms.